The molecule has 96 valence electrons. The lowest BCUT2D eigenvalue weighted by atomic mass is 10.3. The summed E-state index contributed by atoms with van der Waals surface area (Å²) in [5.74, 6) is 1.58. The molecule has 0 fully saturated rings. The third-order valence-corrected chi connectivity index (χ3v) is 2.42. The lowest BCUT2D eigenvalue weighted by Crippen LogP contribution is -2.24. The van der Waals surface area contributed by atoms with Crippen LogP contribution in [0.15, 0.2) is 23.2 Å². The molecule has 0 bridgehead atoms. The van der Waals surface area contributed by atoms with E-state index in [2.05, 4.69) is 10.3 Å². The number of rotatable bonds is 3. The van der Waals surface area contributed by atoms with E-state index in [0.717, 1.165) is 18.9 Å². The highest BCUT2D eigenvalue weighted by molar-refractivity contribution is 8.93. The van der Waals surface area contributed by atoms with Crippen LogP contribution < -0.4 is 15.8 Å². The van der Waals surface area contributed by atoms with Gasteiger partial charge in [0.05, 0.1) is 17.3 Å². The van der Waals surface area contributed by atoms with Crippen LogP contribution in [0.25, 0.3) is 0 Å². The van der Waals surface area contributed by atoms with E-state index in [1.807, 2.05) is 0 Å². The molecule has 3 N–H and O–H groups in total. The Morgan fingerprint density at radius 2 is 2.18 bits per heavy atom. The molecule has 1 aliphatic rings. The summed E-state index contributed by atoms with van der Waals surface area (Å²) in [5.41, 5.74) is 6.14. The highest BCUT2D eigenvalue weighted by Crippen LogP contribution is 2.23. The van der Waals surface area contributed by atoms with Crippen molar-refractivity contribution >= 4 is 57.1 Å². The Labute approximate surface area is 126 Å². The van der Waals surface area contributed by atoms with E-state index in [4.69, 9.17) is 22.1 Å². The smallest absolute Gasteiger partial charge is 0.145 e. The van der Waals surface area contributed by atoms with Crippen molar-refractivity contribution in [2.45, 2.75) is 0 Å². The van der Waals surface area contributed by atoms with Gasteiger partial charge < -0.3 is 15.8 Å². The van der Waals surface area contributed by atoms with Crippen LogP contribution in [0, 0.1) is 0 Å². The number of ether oxygens (including phenoxy) is 1. The first kappa shape index (κ1) is 16.5. The number of hydrogen-bond acceptors (Lipinski definition) is 4. The molecule has 0 spiro atoms. The van der Waals surface area contributed by atoms with E-state index in [1.165, 1.54) is 0 Å². The number of hydrogen-bond donors (Lipinski definition) is 2. The summed E-state index contributed by atoms with van der Waals surface area (Å²) in [6.07, 6.45) is 0. The van der Waals surface area contributed by atoms with Crippen molar-refractivity contribution in [3.8, 4) is 5.75 Å². The van der Waals surface area contributed by atoms with E-state index < -0.39 is 0 Å². The van der Waals surface area contributed by atoms with Crippen LogP contribution in [-0.2, 0) is 0 Å². The Morgan fingerprint density at radius 3 is 2.76 bits per heavy atom. The molecule has 0 amide bonds. The van der Waals surface area contributed by atoms with Crippen molar-refractivity contribution < 1.29 is 4.74 Å². The quantitative estimate of drug-likeness (QED) is 0.784. The fourth-order valence-electron chi connectivity index (χ4n) is 1.29. The summed E-state index contributed by atoms with van der Waals surface area (Å²) in [6.45, 7) is 2.16. The first-order valence-corrected chi connectivity index (χ1v) is 5.08. The summed E-state index contributed by atoms with van der Waals surface area (Å²) in [4.78, 5) is 4.21. The molecular weight excluding hydrogens is 373 g/mol. The van der Waals surface area contributed by atoms with Crippen molar-refractivity contribution in [1.82, 2.24) is 5.32 Å². The fourth-order valence-corrected chi connectivity index (χ4v) is 1.46. The number of nitrogens with two attached hydrogens (primary N) is 1. The number of nitrogens with zero attached hydrogens (tertiary/aromatic N) is 1. The average molecular weight is 388 g/mol. The summed E-state index contributed by atoms with van der Waals surface area (Å²) in [5, 5.41) is 3.63. The lowest BCUT2D eigenvalue weighted by molar-refractivity contribution is 0.373. The van der Waals surface area contributed by atoms with Gasteiger partial charge in [0.25, 0.3) is 0 Å². The van der Waals surface area contributed by atoms with Crippen LogP contribution in [0.1, 0.15) is 0 Å². The maximum Gasteiger partial charge on any atom is 0.145 e. The van der Waals surface area contributed by atoms with Gasteiger partial charge >= 0.3 is 0 Å². The number of amidine groups is 1. The normalized spacial score (nSPS) is 12.9. The van der Waals surface area contributed by atoms with Gasteiger partial charge in [-0.3, -0.25) is 4.99 Å². The molecule has 17 heavy (non-hydrogen) atoms. The third kappa shape index (κ3) is 4.73. The fraction of sp³-hybridized carbons (Fsp3) is 0.300. The molecule has 4 nitrogen and oxygen atoms in total. The van der Waals surface area contributed by atoms with Crippen molar-refractivity contribution in [2.24, 2.45) is 4.99 Å². The van der Waals surface area contributed by atoms with E-state index in [1.54, 1.807) is 18.2 Å². The Bertz CT molecular complexity index is 401. The van der Waals surface area contributed by atoms with Crippen molar-refractivity contribution in [2.75, 3.05) is 25.4 Å². The molecule has 1 aromatic rings. The van der Waals surface area contributed by atoms with Gasteiger partial charge in [-0.15, -0.1) is 34.0 Å². The molecule has 7 heteroatoms. The number of benzene rings is 1. The summed E-state index contributed by atoms with van der Waals surface area (Å²) in [7, 11) is 0. The summed E-state index contributed by atoms with van der Waals surface area (Å²) >= 11 is 5.86. The molecule has 0 aliphatic carbocycles. The zero-order chi connectivity index (χ0) is 10.7. The van der Waals surface area contributed by atoms with E-state index in [9.17, 15) is 0 Å². The molecule has 0 saturated carbocycles. The number of aliphatic imine (C=N–C) groups is 1. The van der Waals surface area contributed by atoms with Gasteiger partial charge in [0.1, 0.15) is 18.2 Å². The first-order chi connectivity index (χ1) is 7.25. The van der Waals surface area contributed by atoms with Gasteiger partial charge in [0.15, 0.2) is 0 Å². The topological polar surface area (TPSA) is 59.6 Å². The molecule has 0 saturated heterocycles. The molecule has 1 aliphatic heterocycles. The Balaban J connectivity index is 0.00000128. The molecule has 2 rings (SSSR count). The number of nitrogen functional groups attached to an aromatic ring is 1. The van der Waals surface area contributed by atoms with E-state index in [0.29, 0.717) is 23.1 Å². The van der Waals surface area contributed by atoms with Crippen LogP contribution in [0.3, 0.4) is 0 Å². The second kappa shape index (κ2) is 7.79. The second-order valence-corrected chi connectivity index (χ2v) is 3.63. The zero-order valence-corrected chi connectivity index (χ0v) is 13.2. The predicted molar refractivity (Wildman–Crippen MR) is 82.3 cm³/mol. The van der Waals surface area contributed by atoms with Crippen LogP contribution in [0.2, 0.25) is 5.02 Å². The minimum atomic E-state index is 0. The lowest BCUT2D eigenvalue weighted by Gasteiger charge is -2.07. The zero-order valence-electron chi connectivity index (χ0n) is 8.98. The number of anilines is 1. The molecule has 0 atom stereocenters. The maximum absolute atomic E-state index is 5.86. The SMILES string of the molecule is Br.Br.Nc1ccc(OCC2=NCCN2)cc1Cl. The van der Waals surface area contributed by atoms with Crippen LogP contribution >= 0.6 is 45.6 Å². The monoisotopic (exact) mass is 385 g/mol. The van der Waals surface area contributed by atoms with E-state index >= 15 is 0 Å². The van der Waals surface area contributed by atoms with Gasteiger partial charge in [-0.05, 0) is 12.1 Å². The van der Waals surface area contributed by atoms with Crippen molar-refractivity contribution in [1.29, 1.82) is 0 Å². The molecule has 0 unspecified atom stereocenters. The van der Waals surface area contributed by atoms with Crippen molar-refractivity contribution in [3.05, 3.63) is 23.2 Å². The minimum Gasteiger partial charge on any atom is -0.486 e. The van der Waals surface area contributed by atoms with Gasteiger partial charge in [-0.25, -0.2) is 0 Å². The molecule has 1 aromatic carbocycles. The predicted octanol–water partition coefficient (Wildman–Crippen LogP) is 2.46. The highest BCUT2D eigenvalue weighted by atomic mass is 79.9. The van der Waals surface area contributed by atoms with Crippen LogP contribution in [-0.4, -0.2) is 25.5 Å². The van der Waals surface area contributed by atoms with Gasteiger partial charge in [-0.2, -0.15) is 0 Å². The van der Waals surface area contributed by atoms with Crippen molar-refractivity contribution in [3.63, 3.8) is 0 Å². The second-order valence-electron chi connectivity index (χ2n) is 3.23. The molecule has 1 heterocycles. The Hall–Kier alpha value is -0.460. The summed E-state index contributed by atoms with van der Waals surface area (Å²) < 4.78 is 5.49. The van der Waals surface area contributed by atoms with Gasteiger partial charge in [0, 0.05) is 12.6 Å². The third-order valence-electron chi connectivity index (χ3n) is 2.09. The summed E-state index contributed by atoms with van der Waals surface area (Å²) in [6, 6.07) is 5.21. The molecular formula is C10H14Br2ClN3O. The number of halogens is 3. The van der Waals surface area contributed by atoms with Crippen LogP contribution in [0.4, 0.5) is 5.69 Å². The average Bonchev–Trinajstić information content (AvgIpc) is 2.73. The standard InChI is InChI=1S/C10H12ClN3O.2BrH/c11-8-5-7(1-2-9(8)12)15-6-10-13-3-4-14-10;;/h1-2,5H,3-4,6,12H2,(H,13,14);2*1H. The molecule has 0 radical (unpaired) electrons. The highest BCUT2D eigenvalue weighted by Gasteiger charge is 2.06. The molecule has 0 aromatic heterocycles. The van der Waals surface area contributed by atoms with Gasteiger partial charge in [0.2, 0.25) is 0 Å². The minimum absolute atomic E-state index is 0. The number of nitrogens with one attached hydrogen (secondary N) is 1. The Morgan fingerprint density at radius 1 is 1.41 bits per heavy atom. The van der Waals surface area contributed by atoms with Gasteiger partial charge in [-0.1, -0.05) is 11.6 Å². The Kier molecular flexibility index (Phi) is 7.58. The first-order valence-electron chi connectivity index (χ1n) is 4.71. The maximum atomic E-state index is 5.86. The van der Waals surface area contributed by atoms with E-state index in [-0.39, 0.29) is 34.0 Å². The largest absolute Gasteiger partial charge is 0.486 e. The van der Waals surface area contributed by atoms with Crippen LogP contribution in [0.5, 0.6) is 5.75 Å².